The van der Waals surface area contributed by atoms with Crippen LogP contribution in [-0.2, 0) is 11.0 Å². The van der Waals surface area contributed by atoms with Crippen LogP contribution < -0.4 is 5.32 Å². The number of nitrogens with one attached hydrogen (secondary N) is 1. The standard InChI is InChI=1S/C17H23ClIN3OSi/c1-17(2,3)24(4,5)23-11-12-6-8-13(9-7-12)21-16-15(19)20-10-14(18)22-16/h6-10H,11H2,1-5H3,(H,21,22). The van der Waals surface area contributed by atoms with E-state index >= 15 is 0 Å². The van der Waals surface area contributed by atoms with Crippen molar-refractivity contribution < 1.29 is 4.43 Å². The Morgan fingerprint density at radius 3 is 2.42 bits per heavy atom. The molecule has 2 rings (SSSR count). The Morgan fingerprint density at radius 1 is 1.21 bits per heavy atom. The number of halogens is 2. The lowest BCUT2D eigenvalue weighted by Crippen LogP contribution is -2.40. The molecule has 0 aliphatic heterocycles. The molecule has 0 bridgehead atoms. The second-order valence-corrected chi connectivity index (χ2v) is 13.4. The molecule has 4 nitrogen and oxygen atoms in total. The Morgan fingerprint density at radius 2 is 1.83 bits per heavy atom. The molecule has 0 radical (unpaired) electrons. The molecule has 130 valence electrons. The highest BCUT2D eigenvalue weighted by Gasteiger charge is 2.36. The van der Waals surface area contributed by atoms with E-state index in [2.05, 4.69) is 83.9 Å². The van der Waals surface area contributed by atoms with E-state index in [4.69, 9.17) is 16.0 Å². The number of hydrogen-bond acceptors (Lipinski definition) is 4. The maximum Gasteiger partial charge on any atom is 0.192 e. The summed E-state index contributed by atoms with van der Waals surface area (Å²) in [4.78, 5) is 8.44. The van der Waals surface area contributed by atoms with Crippen LogP contribution in [0.2, 0.25) is 23.3 Å². The van der Waals surface area contributed by atoms with Crippen molar-refractivity contribution in [3.05, 3.63) is 44.9 Å². The Hall–Kier alpha value is -0.703. The van der Waals surface area contributed by atoms with Crippen LogP contribution in [-0.4, -0.2) is 18.3 Å². The van der Waals surface area contributed by atoms with Crippen molar-refractivity contribution in [2.45, 2.75) is 45.5 Å². The molecule has 1 aromatic heterocycles. The van der Waals surface area contributed by atoms with Gasteiger partial charge in [0.1, 0.15) is 8.85 Å². The van der Waals surface area contributed by atoms with Gasteiger partial charge >= 0.3 is 0 Å². The number of anilines is 2. The van der Waals surface area contributed by atoms with E-state index in [0.29, 0.717) is 17.6 Å². The van der Waals surface area contributed by atoms with Crippen LogP contribution in [0.1, 0.15) is 26.3 Å². The number of hydrogen-bond donors (Lipinski definition) is 1. The maximum absolute atomic E-state index is 6.25. The van der Waals surface area contributed by atoms with E-state index in [1.807, 2.05) is 12.1 Å². The minimum absolute atomic E-state index is 0.219. The maximum atomic E-state index is 6.25. The van der Waals surface area contributed by atoms with Gasteiger partial charge in [0.25, 0.3) is 0 Å². The first-order valence-electron chi connectivity index (χ1n) is 7.76. The van der Waals surface area contributed by atoms with Crippen molar-refractivity contribution in [1.82, 2.24) is 9.97 Å². The normalized spacial score (nSPS) is 12.3. The second kappa shape index (κ2) is 7.68. The van der Waals surface area contributed by atoms with Gasteiger partial charge in [0.05, 0.1) is 12.8 Å². The van der Waals surface area contributed by atoms with Gasteiger partial charge in [-0.2, -0.15) is 0 Å². The molecule has 0 unspecified atom stereocenters. The summed E-state index contributed by atoms with van der Waals surface area (Å²) in [5, 5.41) is 3.83. The molecule has 0 spiro atoms. The fraction of sp³-hybridized carbons (Fsp3) is 0.412. The molecule has 0 saturated carbocycles. The van der Waals surface area contributed by atoms with Crippen LogP contribution in [0.5, 0.6) is 0 Å². The highest BCUT2D eigenvalue weighted by Crippen LogP contribution is 2.37. The third kappa shape index (κ3) is 5.14. The molecule has 0 saturated heterocycles. The minimum atomic E-state index is -1.73. The smallest absolute Gasteiger partial charge is 0.192 e. The average molecular weight is 476 g/mol. The van der Waals surface area contributed by atoms with Gasteiger partial charge < -0.3 is 9.74 Å². The van der Waals surface area contributed by atoms with E-state index in [9.17, 15) is 0 Å². The Labute approximate surface area is 163 Å². The van der Waals surface area contributed by atoms with Crippen molar-refractivity contribution >= 4 is 54.0 Å². The average Bonchev–Trinajstić information content (AvgIpc) is 2.49. The largest absolute Gasteiger partial charge is 0.413 e. The van der Waals surface area contributed by atoms with Crippen molar-refractivity contribution in [3.8, 4) is 0 Å². The Bertz CT molecular complexity index is 702. The van der Waals surface area contributed by atoms with Gasteiger partial charge in [-0.15, -0.1) is 0 Å². The van der Waals surface area contributed by atoms with Gasteiger partial charge in [-0.25, -0.2) is 9.97 Å². The molecular weight excluding hydrogens is 453 g/mol. The first-order chi connectivity index (χ1) is 11.1. The van der Waals surface area contributed by atoms with Gasteiger partial charge in [-0.3, -0.25) is 0 Å². The number of benzene rings is 1. The summed E-state index contributed by atoms with van der Waals surface area (Å²) in [6, 6.07) is 8.17. The van der Waals surface area contributed by atoms with Crippen molar-refractivity contribution in [3.63, 3.8) is 0 Å². The highest BCUT2D eigenvalue weighted by molar-refractivity contribution is 14.1. The van der Waals surface area contributed by atoms with Gasteiger partial charge in [0.15, 0.2) is 14.1 Å². The number of nitrogens with zero attached hydrogens (tertiary/aromatic N) is 2. The summed E-state index contributed by atoms with van der Waals surface area (Å²) < 4.78 is 7.03. The molecule has 24 heavy (non-hydrogen) atoms. The lowest BCUT2D eigenvalue weighted by Gasteiger charge is -2.36. The third-order valence-corrected chi connectivity index (χ3v) is 9.77. The fourth-order valence-corrected chi connectivity index (χ4v) is 3.22. The van der Waals surface area contributed by atoms with Gasteiger partial charge in [0.2, 0.25) is 0 Å². The molecule has 7 heteroatoms. The molecule has 1 heterocycles. The summed E-state index contributed by atoms with van der Waals surface area (Å²) in [5.41, 5.74) is 2.11. The van der Waals surface area contributed by atoms with Crippen molar-refractivity contribution in [2.75, 3.05) is 5.32 Å². The van der Waals surface area contributed by atoms with E-state index in [0.717, 1.165) is 15.0 Å². The van der Waals surface area contributed by atoms with Crippen LogP contribution in [0.25, 0.3) is 0 Å². The SMILES string of the molecule is CC(C)(C)[Si](C)(C)OCc1ccc(Nc2nc(Cl)cnc2I)cc1. The van der Waals surface area contributed by atoms with E-state index < -0.39 is 8.32 Å². The zero-order chi connectivity index (χ0) is 18.0. The topological polar surface area (TPSA) is 47.0 Å². The highest BCUT2D eigenvalue weighted by atomic mass is 127. The predicted octanol–water partition coefficient (Wildman–Crippen LogP) is 6.00. The molecule has 0 atom stereocenters. The number of aromatic nitrogens is 2. The fourth-order valence-electron chi connectivity index (χ4n) is 1.73. The summed E-state index contributed by atoms with van der Waals surface area (Å²) >= 11 is 8.03. The second-order valence-electron chi connectivity index (χ2n) is 7.20. The zero-order valence-corrected chi connectivity index (χ0v) is 18.6. The summed E-state index contributed by atoms with van der Waals surface area (Å²) in [7, 11) is -1.73. The summed E-state index contributed by atoms with van der Waals surface area (Å²) in [6.07, 6.45) is 1.54. The van der Waals surface area contributed by atoms with E-state index in [1.54, 1.807) is 0 Å². The summed E-state index contributed by atoms with van der Waals surface area (Å²) in [5.74, 6) is 0.661. The molecule has 0 aliphatic carbocycles. The minimum Gasteiger partial charge on any atom is -0.413 e. The summed E-state index contributed by atoms with van der Waals surface area (Å²) in [6.45, 7) is 11.9. The molecular formula is C17H23ClIN3OSi. The van der Waals surface area contributed by atoms with Gasteiger partial charge in [0, 0.05) is 5.69 Å². The number of rotatable bonds is 5. The lowest BCUT2D eigenvalue weighted by molar-refractivity contribution is 0.276. The van der Waals surface area contributed by atoms with E-state index in [1.165, 1.54) is 6.20 Å². The van der Waals surface area contributed by atoms with Crippen LogP contribution in [0.3, 0.4) is 0 Å². The Kier molecular flexibility index (Phi) is 6.27. The molecule has 0 fully saturated rings. The van der Waals surface area contributed by atoms with Crippen LogP contribution in [0.4, 0.5) is 11.5 Å². The third-order valence-electron chi connectivity index (χ3n) is 4.32. The molecule has 2 aromatic rings. The zero-order valence-electron chi connectivity index (χ0n) is 14.7. The van der Waals surface area contributed by atoms with Crippen molar-refractivity contribution in [1.29, 1.82) is 0 Å². The predicted molar refractivity (Wildman–Crippen MR) is 111 cm³/mol. The monoisotopic (exact) mass is 475 g/mol. The molecule has 0 amide bonds. The van der Waals surface area contributed by atoms with E-state index in [-0.39, 0.29) is 5.04 Å². The van der Waals surface area contributed by atoms with Gasteiger partial charge in [-0.05, 0) is 58.4 Å². The molecule has 1 aromatic carbocycles. The Balaban J connectivity index is 2.02. The molecule has 0 aliphatic rings. The molecule has 1 N–H and O–H groups in total. The first kappa shape index (κ1) is 19.6. The lowest BCUT2D eigenvalue weighted by atomic mass is 10.2. The first-order valence-corrected chi connectivity index (χ1v) is 12.1. The van der Waals surface area contributed by atoms with Crippen LogP contribution in [0.15, 0.2) is 30.5 Å². The van der Waals surface area contributed by atoms with Crippen molar-refractivity contribution in [2.24, 2.45) is 0 Å². The quantitative estimate of drug-likeness (QED) is 0.425. The van der Waals surface area contributed by atoms with Gasteiger partial charge in [-0.1, -0.05) is 44.5 Å². The van der Waals surface area contributed by atoms with Crippen LogP contribution in [0, 0.1) is 3.70 Å². The van der Waals surface area contributed by atoms with Crippen LogP contribution >= 0.6 is 34.2 Å².